The molecule has 0 aliphatic carbocycles. The molecule has 17 heavy (non-hydrogen) atoms. The number of benzene rings is 1. The van der Waals surface area contributed by atoms with Gasteiger partial charge in [-0.3, -0.25) is 0 Å². The van der Waals surface area contributed by atoms with Crippen LogP contribution >= 0.6 is 0 Å². The first-order valence-corrected chi connectivity index (χ1v) is 6.02. The van der Waals surface area contributed by atoms with Crippen LogP contribution in [0.1, 0.15) is 12.8 Å². The van der Waals surface area contributed by atoms with Crippen molar-refractivity contribution in [1.29, 1.82) is 0 Å². The van der Waals surface area contributed by atoms with Crippen LogP contribution in [0.15, 0.2) is 24.3 Å². The van der Waals surface area contributed by atoms with Crippen molar-refractivity contribution in [3.63, 3.8) is 0 Å². The summed E-state index contributed by atoms with van der Waals surface area (Å²) in [6.07, 6.45) is 2.31. The molecule has 1 saturated heterocycles. The van der Waals surface area contributed by atoms with Crippen molar-refractivity contribution < 1.29 is 14.2 Å². The third-order valence-corrected chi connectivity index (χ3v) is 2.75. The third kappa shape index (κ3) is 4.24. The molecule has 1 aromatic rings. The van der Waals surface area contributed by atoms with Gasteiger partial charge in [-0.2, -0.15) is 0 Å². The first-order valence-electron chi connectivity index (χ1n) is 6.02. The van der Waals surface area contributed by atoms with Crippen molar-refractivity contribution in [2.75, 3.05) is 32.2 Å². The van der Waals surface area contributed by atoms with E-state index in [0.717, 1.165) is 37.5 Å². The van der Waals surface area contributed by atoms with Crippen molar-refractivity contribution in [3.8, 4) is 5.75 Å². The summed E-state index contributed by atoms with van der Waals surface area (Å²) in [7, 11) is 0. The lowest BCUT2D eigenvalue weighted by molar-refractivity contribution is -0.0388. The summed E-state index contributed by atoms with van der Waals surface area (Å²) >= 11 is 0. The smallest absolute Gasteiger partial charge is 0.119 e. The highest BCUT2D eigenvalue weighted by atomic mass is 16.5. The van der Waals surface area contributed by atoms with Crippen molar-refractivity contribution in [3.05, 3.63) is 24.3 Å². The van der Waals surface area contributed by atoms with Gasteiger partial charge in [0.1, 0.15) is 12.4 Å². The largest absolute Gasteiger partial charge is 0.491 e. The second kappa shape index (κ2) is 6.47. The molecule has 0 radical (unpaired) electrons. The Bertz CT molecular complexity index is 320. The third-order valence-electron chi connectivity index (χ3n) is 2.75. The molecule has 4 heteroatoms. The molecule has 0 saturated carbocycles. The second-order valence-corrected chi connectivity index (χ2v) is 4.10. The van der Waals surface area contributed by atoms with Gasteiger partial charge in [0.15, 0.2) is 0 Å². The Morgan fingerprint density at radius 2 is 1.82 bits per heavy atom. The van der Waals surface area contributed by atoms with E-state index in [4.69, 9.17) is 19.9 Å². The van der Waals surface area contributed by atoms with Crippen molar-refractivity contribution in [1.82, 2.24) is 0 Å². The molecular weight excluding hydrogens is 218 g/mol. The summed E-state index contributed by atoms with van der Waals surface area (Å²) in [6, 6.07) is 7.39. The number of nitrogen functional groups attached to an aromatic ring is 1. The minimum Gasteiger partial charge on any atom is -0.491 e. The average molecular weight is 237 g/mol. The number of hydrogen-bond donors (Lipinski definition) is 1. The Balaban J connectivity index is 1.60. The van der Waals surface area contributed by atoms with Gasteiger partial charge < -0.3 is 19.9 Å². The second-order valence-electron chi connectivity index (χ2n) is 4.10. The van der Waals surface area contributed by atoms with Gasteiger partial charge in [0, 0.05) is 18.9 Å². The predicted octanol–water partition coefficient (Wildman–Crippen LogP) is 1.84. The maximum absolute atomic E-state index is 5.70. The van der Waals surface area contributed by atoms with E-state index in [1.807, 2.05) is 24.3 Å². The molecule has 1 aliphatic heterocycles. The predicted molar refractivity (Wildman–Crippen MR) is 66.1 cm³/mol. The lowest BCUT2D eigenvalue weighted by atomic mass is 10.2. The minimum absolute atomic E-state index is 0.332. The summed E-state index contributed by atoms with van der Waals surface area (Å²) in [5, 5.41) is 0. The molecular formula is C13H19NO3. The summed E-state index contributed by atoms with van der Waals surface area (Å²) < 4.78 is 16.5. The van der Waals surface area contributed by atoms with E-state index >= 15 is 0 Å². The maximum atomic E-state index is 5.70. The van der Waals surface area contributed by atoms with Gasteiger partial charge in [-0.05, 0) is 37.1 Å². The van der Waals surface area contributed by atoms with E-state index < -0.39 is 0 Å². The van der Waals surface area contributed by atoms with Crippen LogP contribution in [0.25, 0.3) is 0 Å². The van der Waals surface area contributed by atoms with E-state index in [2.05, 4.69) is 0 Å². The first kappa shape index (κ1) is 12.2. The monoisotopic (exact) mass is 237 g/mol. The van der Waals surface area contributed by atoms with Gasteiger partial charge in [0.2, 0.25) is 0 Å². The van der Waals surface area contributed by atoms with Gasteiger partial charge in [0.25, 0.3) is 0 Å². The molecule has 1 aromatic carbocycles. The fourth-order valence-corrected chi connectivity index (χ4v) is 1.78. The molecule has 0 bridgehead atoms. The van der Waals surface area contributed by atoms with Crippen LogP contribution < -0.4 is 10.5 Å². The fraction of sp³-hybridized carbons (Fsp3) is 0.538. The van der Waals surface area contributed by atoms with Crippen molar-refractivity contribution in [2.45, 2.75) is 18.9 Å². The zero-order valence-corrected chi connectivity index (χ0v) is 9.93. The topological polar surface area (TPSA) is 53.7 Å². The highest BCUT2D eigenvalue weighted by Crippen LogP contribution is 2.13. The Hall–Kier alpha value is -1.26. The van der Waals surface area contributed by atoms with E-state index in [1.165, 1.54) is 0 Å². The van der Waals surface area contributed by atoms with Gasteiger partial charge in [-0.15, -0.1) is 0 Å². The van der Waals surface area contributed by atoms with E-state index in [0.29, 0.717) is 19.3 Å². The molecule has 1 heterocycles. The standard InChI is InChI=1S/C13H19NO3/c14-11-1-3-12(4-2-11)16-9-10-17-13-5-7-15-8-6-13/h1-4,13H,5-10,14H2. The number of anilines is 1. The zero-order valence-electron chi connectivity index (χ0n) is 9.93. The quantitative estimate of drug-likeness (QED) is 0.627. The highest BCUT2D eigenvalue weighted by molar-refractivity contribution is 5.41. The number of rotatable bonds is 5. The number of nitrogens with two attached hydrogens (primary N) is 1. The van der Waals surface area contributed by atoms with Gasteiger partial charge >= 0.3 is 0 Å². The van der Waals surface area contributed by atoms with Crippen LogP contribution in [0.2, 0.25) is 0 Å². The molecule has 1 fully saturated rings. The molecule has 94 valence electrons. The summed E-state index contributed by atoms with van der Waals surface area (Å²) in [5.74, 6) is 0.828. The van der Waals surface area contributed by atoms with Crippen LogP contribution in [0.3, 0.4) is 0 Å². The number of hydrogen-bond acceptors (Lipinski definition) is 4. The Morgan fingerprint density at radius 1 is 1.12 bits per heavy atom. The molecule has 0 spiro atoms. The Morgan fingerprint density at radius 3 is 2.53 bits per heavy atom. The van der Waals surface area contributed by atoms with Crippen LogP contribution in [0.4, 0.5) is 5.69 Å². The summed E-state index contributed by atoms with van der Waals surface area (Å²) in [5.41, 5.74) is 6.33. The SMILES string of the molecule is Nc1ccc(OCCOC2CCOCC2)cc1. The molecule has 0 aromatic heterocycles. The summed E-state index contributed by atoms with van der Waals surface area (Å²) in [4.78, 5) is 0. The zero-order chi connectivity index (χ0) is 11.9. The van der Waals surface area contributed by atoms with Crippen LogP contribution in [-0.2, 0) is 9.47 Å². The van der Waals surface area contributed by atoms with Crippen molar-refractivity contribution >= 4 is 5.69 Å². The molecule has 1 aliphatic rings. The van der Waals surface area contributed by atoms with Crippen LogP contribution in [0.5, 0.6) is 5.75 Å². The van der Waals surface area contributed by atoms with Crippen molar-refractivity contribution in [2.24, 2.45) is 0 Å². The van der Waals surface area contributed by atoms with Gasteiger partial charge in [-0.25, -0.2) is 0 Å². The molecule has 0 atom stereocenters. The molecule has 2 rings (SSSR count). The highest BCUT2D eigenvalue weighted by Gasteiger charge is 2.13. The lowest BCUT2D eigenvalue weighted by Gasteiger charge is -2.22. The average Bonchev–Trinajstić information content (AvgIpc) is 2.38. The van der Waals surface area contributed by atoms with E-state index in [9.17, 15) is 0 Å². The van der Waals surface area contributed by atoms with Gasteiger partial charge in [-0.1, -0.05) is 0 Å². The van der Waals surface area contributed by atoms with Crippen LogP contribution in [-0.4, -0.2) is 32.5 Å². The van der Waals surface area contributed by atoms with E-state index in [-0.39, 0.29) is 0 Å². The normalized spacial score (nSPS) is 16.9. The molecule has 0 unspecified atom stereocenters. The molecule has 2 N–H and O–H groups in total. The van der Waals surface area contributed by atoms with Crippen LogP contribution in [0, 0.1) is 0 Å². The van der Waals surface area contributed by atoms with Gasteiger partial charge in [0.05, 0.1) is 12.7 Å². The maximum Gasteiger partial charge on any atom is 0.119 e. The lowest BCUT2D eigenvalue weighted by Crippen LogP contribution is -2.25. The molecule has 4 nitrogen and oxygen atoms in total. The first-order chi connectivity index (χ1) is 8.34. The molecule has 0 amide bonds. The Kier molecular flexibility index (Phi) is 4.64. The van der Waals surface area contributed by atoms with E-state index in [1.54, 1.807) is 0 Å². The minimum atomic E-state index is 0.332. The fourth-order valence-electron chi connectivity index (χ4n) is 1.78. The number of ether oxygens (including phenoxy) is 3. The Labute approximate surface area is 102 Å². The summed E-state index contributed by atoms with van der Waals surface area (Å²) in [6.45, 7) is 2.81.